The van der Waals surface area contributed by atoms with Crippen LogP contribution in [0.25, 0.3) is 0 Å². The highest BCUT2D eigenvalue weighted by molar-refractivity contribution is 7.45. The molecule has 11 heteroatoms. The third-order valence-corrected chi connectivity index (χ3v) is 4.52. The van der Waals surface area contributed by atoms with Gasteiger partial charge in [-0.25, -0.2) is 0 Å². The Kier molecular flexibility index (Phi) is 10.1. The fraction of sp³-hybridized carbons (Fsp3) is 1.00. The van der Waals surface area contributed by atoms with E-state index >= 15 is 0 Å². The van der Waals surface area contributed by atoms with Crippen molar-refractivity contribution in [2.24, 2.45) is 0 Å². The molecule has 8 nitrogen and oxygen atoms in total. The van der Waals surface area contributed by atoms with Gasteiger partial charge in [0.2, 0.25) is 0 Å². The Morgan fingerprint density at radius 1 is 1.08 bits per heavy atom. The molecule has 0 N–H and O–H groups in total. The number of phosphoric ester groups is 1. The van der Waals surface area contributed by atoms with E-state index in [1.807, 2.05) is 0 Å². The molecule has 2 aliphatic rings. The van der Waals surface area contributed by atoms with Crippen LogP contribution in [0, 0.1) is 0 Å². The largest absolute Gasteiger partial charge is 0.756 e. The number of hydrogen-bond donors (Lipinski definition) is 0. The standard InChI is InChI=1S/C7H14BO6P.C6H11BO2/c1-11-4-6-5(3-7(8)13-6)14-15(9,10)12-2;1-8-4-5-2-3-6(7)9-5/h5-7H,3-4H2,1-2H3,(H,9,10);5-6H,2-4H2,1H3/p-1/t5-,6-,7-;5-,6+/m10/s1. The first-order chi connectivity index (χ1) is 11.3. The fourth-order valence-electron chi connectivity index (χ4n) is 2.42. The van der Waals surface area contributed by atoms with Gasteiger partial charge in [0, 0.05) is 33.3 Å². The topological polar surface area (TPSA) is 95.5 Å². The Morgan fingerprint density at radius 3 is 2.25 bits per heavy atom. The summed E-state index contributed by atoms with van der Waals surface area (Å²) in [6.45, 7) is 0.899. The summed E-state index contributed by atoms with van der Waals surface area (Å²) in [5.41, 5.74) is 0. The lowest BCUT2D eigenvalue weighted by Gasteiger charge is -2.26. The Hall–Kier alpha value is 0.0799. The van der Waals surface area contributed by atoms with E-state index in [9.17, 15) is 9.46 Å². The molecular weight excluding hydrogens is 337 g/mol. The summed E-state index contributed by atoms with van der Waals surface area (Å²) >= 11 is 0. The molecule has 2 saturated heterocycles. The highest BCUT2D eigenvalue weighted by Crippen LogP contribution is 2.42. The number of hydrogen-bond acceptors (Lipinski definition) is 8. The van der Waals surface area contributed by atoms with Crippen LogP contribution in [0.5, 0.6) is 0 Å². The molecule has 2 aliphatic heterocycles. The smallest absolute Gasteiger partial charge is 0.267 e. The van der Waals surface area contributed by atoms with Crippen molar-refractivity contribution in [3.8, 4) is 0 Å². The first kappa shape index (κ1) is 22.1. The summed E-state index contributed by atoms with van der Waals surface area (Å²) in [7, 11) is 10.9. The summed E-state index contributed by atoms with van der Waals surface area (Å²) in [5.74, 6) is 0. The van der Waals surface area contributed by atoms with Crippen LogP contribution in [0.3, 0.4) is 0 Å². The van der Waals surface area contributed by atoms with Crippen LogP contribution in [-0.4, -0.2) is 80.6 Å². The number of rotatable bonds is 7. The van der Waals surface area contributed by atoms with Crippen molar-refractivity contribution in [3.63, 3.8) is 0 Å². The maximum Gasteiger partial charge on any atom is 0.267 e. The lowest BCUT2D eigenvalue weighted by Crippen LogP contribution is -2.29. The Morgan fingerprint density at radius 2 is 1.75 bits per heavy atom. The molecule has 0 saturated carbocycles. The average Bonchev–Trinajstić information content (AvgIpc) is 3.06. The fourth-order valence-corrected chi connectivity index (χ4v) is 3.06. The van der Waals surface area contributed by atoms with Gasteiger partial charge in [-0.15, -0.1) is 0 Å². The van der Waals surface area contributed by atoms with Crippen LogP contribution in [0.2, 0.25) is 0 Å². The summed E-state index contributed by atoms with van der Waals surface area (Å²) < 4.78 is 40.3. The second-order valence-electron chi connectivity index (χ2n) is 5.51. The molecule has 6 atom stereocenters. The zero-order chi connectivity index (χ0) is 18.2. The molecule has 2 fully saturated rings. The van der Waals surface area contributed by atoms with E-state index in [0.717, 1.165) is 20.0 Å². The summed E-state index contributed by atoms with van der Waals surface area (Å²) in [5, 5.41) is 0. The minimum absolute atomic E-state index is 0.0508. The first-order valence-corrected chi connectivity index (χ1v) is 9.12. The second-order valence-corrected chi connectivity index (χ2v) is 6.98. The van der Waals surface area contributed by atoms with Gasteiger partial charge in [-0.3, -0.25) is 4.57 Å². The van der Waals surface area contributed by atoms with Crippen molar-refractivity contribution in [1.82, 2.24) is 0 Å². The lowest BCUT2D eigenvalue weighted by atomic mass is 9.96. The summed E-state index contributed by atoms with van der Waals surface area (Å²) in [6.07, 6.45) is 1.41. The van der Waals surface area contributed by atoms with E-state index < -0.39 is 26.0 Å². The maximum atomic E-state index is 11.1. The van der Waals surface area contributed by atoms with Crippen molar-refractivity contribution in [1.29, 1.82) is 0 Å². The van der Waals surface area contributed by atoms with Gasteiger partial charge in [0.1, 0.15) is 21.8 Å². The molecule has 4 radical (unpaired) electrons. The Balaban J connectivity index is 0.000000272. The molecule has 136 valence electrons. The van der Waals surface area contributed by atoms with Crippen molar-refractivity contribution < 1.29 is 37.5 Å². The molecular formula is C13H24B2O8P-. The molecule has 2 rings (SSSR count). The van der Waals surface area contributed by atoms with Gasteiger partial charge in [-0.05, 0) is 19.3 Å². The monoisotopic (exact) mass is 361 g/mol. The average molecular weight is 361 g/mol. The minimum Gasteiger partial charge on any atom is -0.756 e. The molecule has 2 heterocycles. The lowest BCUT2D eigenvalue weighted by molar-refractivity contribution is -0.229. The number of methoxy groups -OCH3 is 2. The quantitative estimate of drug-likeness (QED) is 0.452. The molecule has 0 aromatic heterocycles. The molecule has 0 aliphatic carbocycles. The number of phosphoric acid groups is 1. The van der Waals surface area contributed by atoms with Crippen LogP contribution < -0.4 is 4.89 Å². The van der Waals surface area contributed by atoms with Gasteiger partial charge >= 0.3 is 0 Å². The summed E-state index contributed by atoms with van der Waals surface area (Å²) in [6, 6.07) is -0.586. The van der Waals surface area contributed by atoms with Crippen molar-refractivity contribution in [2.75, 3.05) is 34.5 Å². The van der Waals surface area contributed by atoms with Crippen molar-refractivity contribution in [3.05, 3.63) is 0 Å². The highest BCUT2D eigenvalue weighted by atomic mass is 31.2. The van der Waals surface area contributed by atoms with Crippen LogP contribution in [-0.2, 0) is 32.6 Å². The molecule has 0 bridgehead atoms. The Bertz CT molecular complexity index is 400. The molecule has 0 amide bonds. The van der Waals surface area contributed by atoms with Gasteiger partial charge in [-0.2, -0.15) is 0 Å². The van der Waals surface area contributed by atoms with Gasteiger partial charge in [0.05, 0.1) is 25.4 Å². The predicted molar refractivity (Wildman–Crippen MR) is 85.9 cm³/mol. The minimum atomic E-state index is -4.25. The van der Waals surface area contributed by atoms with Gasteiger partial charge in [-0.1, -0.05) is 0 Å². The normalized spacial score (nSPS) is 35.2. The van der Waals surface area contributed by atoms with Crippen LogP contribution >= 0.6 is 7.82 Å². The van der Waals surface area contributed by atoms with E-state index in [1.165, 1.54) is 7.11 Å². The Labute approximate surface area is 145 Å². The third-order valence-electron chi connectivity index (χ3n) is 3.54. The van der Waals surface area contributed by atoms with Crippen LogP contribution in [0.15, 0.2) is 0 Å². The van der Waals surface area contributed by atoms with E-state index in [1.54, 1.807) is 7.11 Å². The van der Waals surface area contributed by atoms with E-state index in [-0.39, 0.29) is 18.7 Å². The molecule has 0 aromatic carbocycles. The van der Waals surface area contributed by atoms with Gasteiger partial charge in [0.25, 0.3) is 7.82 Å². The third kappa shape index (κ3) is 7.97. The predicted octanol–water partition coefficient (Wildman–Crippen LogP) is -0.277. The zero-order valence-corrected chi connectivity index (χ0v) is 15.2. The molecule has 1 unspecified atom stereocenters. The molecule has 0 spiro atoms. The zero-order valence-electron chi connectivity index (χ0n) is 14.3. The SMILES string of the molecule is [B][C@H]1CC[C@@H](COC)O1.[B][C@H]1C[C@@H](OP(=O)([O-])OC)[C@@H](COC)O1. The van der Waals surface area contributed by atoms with Gasteiger partial charge < -0.3 is 32.9 Å². The summed E-state index contributed by atoms with van der Waals surface area (Å²) in [4.78, 5) is 11.1. The maximum absolute atomic E-state index is 11.1. The van der Waals surface area contributed by atoms with Crippen LogP contribution in [0.1, 0.15) is 19.3 Å². The molecule has 0 aromatic rings. The van der Waals surface area contributed by atoms with E-state index in [2.05, 4.69) is 4.52 Å². The second kappa shape index (κ2) is 10.9. The highest BCUT2D eigenvalue weighted by Gasteiger charge is 2.35. The first-order valence-electron chi connectivity index (χ1n) is 7.66. The van der Waals surface area contributed by atoms with Crippen LogP contribution in [0.4, 0.5) is 0 Å². The van der Waals surface area contributed by atoms with E-state index in [0.29, 0.717) is 13.0 Å². The number of ether oxygens (including phenoxy) is 4. The van der Waals surface area contributed by atoms with E-state index in [4.69, 9.17) is 39.2 Å². The van der Waals surface area contributed by atoms with Gasteiger partial charge in [0.15, 0.2) is 0 Å². The molecule has 24 heavy (non-hydrogen) atoms. The van der Waals surface area contributed by atoms with Crippen molar-refractivity contribution >= 4 is 23.5 Å². The van der Waals surface area contributed by atoms with Crippen molar-refractivity contribution in [2.45, 2.75) is 49.6 Å².